The van der Waals surface area contributed by atoms with E-state index in [1.54, 1.807) is 0 Å². The van der Waals surface area contributed by atoms with Crippen molar-refractivity contribution >= 4 is 5.91 Å². The summed E-state index contributed by atoms with van der Waals surface area (Å²) in [4.78, 5) is 16.5. The van der Waals surface area contributed by atoms with Gasteiger partial charge in [-0.05, 0) is 25.8 Å². The molecule has 3 atom stereocenters. The van der Waals surface area contributed by atoms with Gasteiger partial charge in [0.15, 0.2) is 0 Å². The number of rotatable bonds is 3. The first-order valence-electron chi connectivity index (χ1n) is 6.25. The Morgan fingerprint density at radius 1 is 1.38 bits per heavy atom. The minimum absolute atomic E-state index is 0.169. The van der Waals surface area contributed by atoms with E-state index in [0.29, 0.717) is 18.0 Å². The zero-order valence-corrected chi connectivity index (χ0v) is 10.5. The molecule has 2 bridgehead atoms. The molecular formula is C12H23N3O. The number of amides is 1. The van der Waals surface area contributed by atoms with Crippen LogP contribution in [0.4, 0.5) is 0 Å². The van der Waals surface area contributed by atoms with Crippen LogP contribution < -0.4 is 5.73 Å². The molecule has 16 heavy (non-hydrogen) atoms. The number of carbonyl (C=O) groups excluding carboxylic acids is 1. The van der Waals surface area contributed by atoms with Crippen molar-refractivity contribution in [1.82, 2.24) is 9.80 Å². The first kappa shape index (κ1) is 11.9. The SMILES string of the molecule is CC(C)CC(N)C(=O)N1C2CC1CN(C)C2. The molecule has 3 heterocycles. The molecule has 0 aromatic carbocycles. The topological polar surface area (TPSA) is 49.6 Å². The van der Waals surface area contributed by atoms with Crippen LogP contribution in [0.15, 0.2) is 0 Å². The lowest BCUT2D eigenvalue weighted by atomic mass is 9.86. The van der Waals surface area contributed by atoms with E-state index in [1.807, 2.05) is 4.90 Å². The van der Waals surface area contributed by atoms with Gasteiger partial charge < -0.3 is 15.5 Å². The van der Waals surface area contributed by atoms with Crippen LogP contribution in [0.5, 0.6) is 0 Å². The fourth-order valence-corrected chi connectivity index (χ4v) is 2.98. The van der Waals surface area contributed by atoms with Crippen molar-refractivity contribution in [3.05, 3.63) is 0 Å². The molecule has 3 rings (SSSR count). The van der Waals surface area contributed by atoms with E-state index >= 15 is 0 Å². The highest BCUT2D eigenvalue weighted by Gasteiger charge is 2.47. The van der Waals surface area contributed by atoms with Crippen LogP contribution in [0.2, 0.25) is 0 Å². The molecule has 1 amide bonds. The van der Waals surface area contributed by atoms with Crippen LogP contribution in [-0.2, 0) is 4.79 Å². The standard InChI is InChI=1S/C12H23N3O/c1-8(2)4-11(13)12(16)15-9-5-10(15)7-14(3)6-9/h8-11H,4-7,13H2,1-3H3. The van der Waals surface area contributed by atoms with Crippen LogP contribution >= 0.6 is 0 Å². The number of fused-ring (bicyclic) bond motifs is 2. The van der Waals surface area contributed by atoms with Crippen molar-refractivity contribution in [3.63, 3.8) is 0 Å². The molecule has 0 aromatic rings. The van der Waals surface area contributed by atoms with Gasteiger partial charge in [0.25, 0.3) is 0 Å². The van der Waals surface area contributed by atoms with Crippen molar-refractivity contribution in [1.29, 1.82) is 0 Å². The number of hydrogen-bond donors (Lipinski definition) is 1. The third kappa shape index (κ3) is 2.09. The predicted octanol–water partition coefficient (Wildman–Crippen LogP) is 0.275. The molecule has 3 aliphatic heterocycles. The third-order valence-electron chi connectivity index (χ3n) is 3.67. The largest absolute Gasteiger partial charge is 0.333 e. The summed E-state index contributed by atoms with van der Waals surface area (Å²) in [5.74, 6) is 0.658. The van der Waals surface area contributed by atoms with Crippen LogP contribution in [-0.4, -0.2) is 54.0 Å². The maximum atomic E-state index is 12.2. The number of piperazine rings is 1. The van der Waals surface area contributed by atoms with Crippen LogP contribution in [0, 0.1) is 5.92 Å². The van der Waals surface area contributed by atoms with Crippen LogP contribution in [0.3, 0.4) is 0 Å². The number of nitrogens with zero attached hydrogens (tertiary/aromatic N) is 2. The molecule has 3 fully saturated rings. The number of piperidine rings is 1. The van der Waals surface area contributed by atoms with E-state index in [9.17, 15) is 4.79 Å². The highest BCUT2D eigenvalue weighted by molar-refractivity contribution is 5.83. The summed E-state index contributed by atoms with van der Waals surface area (Å²) < 4.78 is 0. The summed E-state index contributed by atoms with van der Waals surface area (Å²) in [5, 5.41) is 0. The maximum absolute atomic E-state index is 12.2. The molecule has 4 heteroatoms. The molecule has 0 saturated carbocycles. The summed E-state index contributed by atoms with van der Waals surface area (Å²) in [6, 6.07) is 0.553. The van der Waals surface area contributed by atoms with Gasteiger partial charge in [-0.15, -0.1) is 0 Å². The average molecular weight is 225 g/mol. The predicted molar refractivity (Wildman–Crippen MR) is 64.0 cm³/mol. The van der Waals surface area contributed by atoms with E-state index in [1.165, 1.54) is 6.42 Å². The van der Waals surface area contributed by atoms with Crippen LogP contribution in [0.1, 0.15) is 26.7 Å². The van der Waals surface area contributed by atoms with Crippen LogP contribution in [0.25, 0.3) is 0 Å². The monoisotopic (exact) mass is 225 g/mol. The molecule has 92 valence electrons. The summed E-state index contributed by atoms with van der Waals surface area (Å²) in [5.41, 5.74) is 5.96. The first-order chi connectivity index (χ1) is 7.49. The Morgan fingerprint density at radius 3 is 2.44 bits per heavy atom. The fourth-order valence-electron chi connectivity index (χ4n) is 2.98. The fraction of sp³-hybridized carbons (Fsp3) is 0.917. The van der Waals surface area contributed by atoms with Crippen molar-refractivity contribution in [2.45, 2.75) is 44.8 Å². The van der Waals surface area contributed by atoms with Gasteiger partial charge >= 0.3 is 0 Å². The van der Waals surface area contributed by atoms with E-state index in [2.05, 4.69) is 25.8 Å². The summed E-state index contributed by atoms with van der Waals surface area (Å²) in [6.07, 6.45) is 1.97. The second-order valence-corrected chi connectivity index (χ2v) is 5.75. The van der Waals surface area contributed by atoms with Crippen molar-refractivity contribution < 1.29 is 4.79 Å². The minimum Gasteiger partial charge on any atom is -0.333 e. The number of nitrogens with two attached hydrogens (primary N) is 1. The molecule has 3 saturated heterocycles. The lowest BCUT2D eigenvalue weighted by Crippen LogP contribution is -2.71. The smallest absolute Gasteiger partial charge is 0.240 e. The maximum Gasteiger partial charge on any atom is 0.240 e. The Hall–Kier alpha value is -0.610. The molecule has 2 N–H and O–H groups in total. The Balaban J connectivity index is 1.92. The zero-order valence-electron chi connectivity index (χ0n) is 10.5. The number of carbonyl (C=O) groups is 1. The van der Waals surface area contributed by atoms with Gasteiger partial charge in [-0.25, -0.2) is 0 Å². The highest BCUT2D eigenvalue weighted by atomic mass is 16.2. The summed E-state index contributed by atoms with van der Waals surface area (Å²) in [6.45, 7) is 6.24. The Bertz CT molecular complexity index is 267. The van der Waals surface area contributed by atoms with Gasteiger partial charge in [0, 0.05) is 25.2 Å². The number of hydrogen-bond acceptors (Lipinski definition) is 3. The van der Waals surface area contributed by atoms with Gasteiger partial charge in [-0.3, -0.25) is 4.79 Å². The Morgan fingerprint density at radius 2 is 1.94 bits per heavy atom. The molecule has 3 aliphatic rings. The normalized spacial score (nSPS) is 31.4. The van der Waals surface area contributed by atoms with Gasteiger partial charge in [-0.1, -0.05) is 13.8 Å². The number of likely N-dealkylation sites (N-methyl/N-ethyl adjacent to an activating group) is 1. The molecular weight excluding hydrogens is 202 g/mol. The van der Waals surface area contributed by atoms with E-state index in [4.69, 9.17) is 5.73 Å². The minimum atomic E-state index is -0.297. The molecule has 0 aromatic heterocycles. The lowest BCUT2D eigenvalue weighted by Gasteiger charge is -2.56. The third-order valence-corrected chi connectivity index (χ3v) is 3.67. The first-order valence-corrected chi connectivity index (χ1v) is 6.25. The average Bonchev–Trinajstić information content (AvgIpc) is 2.15. The van der Waals surface area contributed by atoms with E-state index in [-0.39, 0.29) is 11.9 Å². The van der Waals surface area contributed by atoms with Gasteiger partial charge in [0.05, 0.1) is 6.04 Å². The molecule has 0 spiro atoms. The quantitative estimate of drug-likeness (QED) is 0.750. The Kier molecular flexibility index (Phi) is 3.22. The highest BCUT2D eigenvalue weighted by Crippen LogP contribution is 2.32. The zero-order chi connectivity index (χ0) is 11.9. The molecule has 3 unspecified atom stereocenters. The molecule has 4 nitrogen and oxygen atoms in total. The lowest BCUT2D eigenvalue weighted by molar-refractivity contribution is -0.154. The van der Waals surface area contributed by atoms with E-state index in [0.717, 1.165) is 19.5 Å². The van der Waals surface area contributed by atoms with Gasteiger partial charge in [0.1, 0.15) is 0 Å². The van der Waals surface area contributed by atoms with Crippen molar-refractivity contribution in [2.75, 3.05) is 20.1 Å². The second kappa shape index (κ2) is 4.34. The van der Waals surface area contributed by atoms with E-state index < -0.39 is 0 Å². The summed E-state index contributed by atoms with van der Waals surface area (Å²) in [7, 11) is 2.12. The summed E-state index contributed by atoms with van der Waals surface area (Å²) >= 11 is 0. The van der Waals surface area contributed by atoms with Gasteiger partial charge in [-0.2, -0.15) is 0 Å². The Labute approximate surface area is 97.8 Å². The van der Waals surface area contributed by atoms with Gasteiger partial charge in [0.2, 0.25) is 5.91 Å². The molecule has 0 aliphatic carbocycles. The van der Waals surface area contributed by atoms with Crippen molar-refractivity contribution in [3.8, 4) is 0 Å². The van der Waals surface area contributed by atoms with Crippen molar-refractivity contribution in [2.24, 2.45) is 11.7 Å². The second-order valence-electron chi connectivity index (χ2n) is 5.75. The molecule has 0 radical (unpaired) electrons.